The van der Waals surface area contributed by atoms with Crippen LogP contribution in [0.2, 0.25) is 0 Å². The van der Waals surface area contributed by atoms with Gasteiger partial charge in [0.2, 0.25) is 5.91 Å². The number of nitrogens with one attached hydrogen (secondary N) is 1. The van der Waals surface area contributed by atoms with Crippen molar-refractivity contribution in [1.29, 1.82) is 0 Å². The molecule has 1 amide bonds. The molecule has 1 unspecified atom stereocenters. The number of para-hydroxylation sites is 1. The van der Waals surface area contributed by atoms with Gasteiger partial charge in [-0.3, -0.25) is 4.79 Å². The average Bonchev–Trinajstić information content (AvgIpc) is 2.74. The molecule has 1 saturated heterocycles. The molecule has 29 heavy (non-hydrogen) atoms. The molecule has 1 aliphatic heterocycles. The summed E-state index contributed by atoms with van der Waals surface area (Å²) in [5, 5.41) is 11.7. The van der Waals surface area contributed by atoms with E-state index in [9.17, 15) is 9.18 Å². The fourth-order valence-corrected chi connectivity index (χ4v) is 3.73. The Hall–Kier alpha value is -3.28. The SMILES string of the molecule is Cc1cc(-c2cccc(F)c2)nnc1N1CCCC(C(=O)Nc2ccccc2)C1. The zero-order chi connectivity index (χ0) is 20.2. The van der Waals surface area contributed by atoms with Crippen LogP contribution in [0.4, 0.5) is 15.9 Å². The molecule has 1 fully saturated rings. The van der Waals surface area contributed by atoms with Gasteiger partial charge in [-0.1, -0.05) is 30.3 Å². The van der Waals surface area contributed by atoms with Crippen LogP contribution in [-0.2, 0) is 4.79 Å². The first-order valence-corrected chi connectivity index (χ1v) is 9.81. The molecule has 5 nitrogen and oxygen atoms in total. The second-order valence-electron chi connectivity index (χ2n) is 7.39. The smallest absolute Gasteiger partial charge is 0.229 e. The summed E-state index contributed by atoms with van der Waals surface area (Å²) in [6.07, 6.45) is 1.77. The van der Waals surface area contributed by atoms with E-state index in [1.54, 1.807) is 6.07 Å². The van der Waals surface area contributed by atoms with Crippen molar-refractivity contribution in [2.75, 3.05) is 23.3 Å². The quantitative estimate of drug-likeness (QED) is 0.715. The molecule has 0 bridgehead atoms. The fourth-order valence-electron chi connectivity index (χ4n) is 3.73. The second-order valence-corrected chi connectivity index (χ2v) is 7.39. The Bertz CT molecular complexity index is 1010. The van der Waals surface area contributed by atoms with E-state index in [1.165, 1.54) is 12.1 Å². The zero-order valence-corrected chi connectivity index (χ0v) is 16.3. The van der Waals surface area contributed by atoms with Crippen molar-refractivity contribution in [1.82, 2.24) is 10.2 Å². The van der Waals surface area contributed by atoms with Crippen molar-refractivity contribution in [3.8, 4) is 11.3 Å². The molecule has 148 valence electrons. The highest BCUT2D eigenvalue weighted by molar-refractivity contribution is 5.93. The third kappa shape index (κ3) is 4.42. The summed E-state index contributed by atoms with van der Waals surface area (Å²) in [4.78, 5) is 14.8. The number of hydrogen-bond donors (Lipinski definition) is 1. The molecule has 1 atom stereocenters. The topological polar surface area (TPSA) is 58.1 Å². The largest absolute Gasteiger partial charge is 0.354 e. The molecular formula is C23H23FN4O. The summed E-state index contributed by atoms with van der Waals surface area (Å²) in [6, 6.07) is 17.8. The Balaban J connectivity index is 1.48. The number of piperidine rings is 1. The molecule has 0 radical (unpaired) electrons. The Kier molecular flexibility index (Phi) is 5.51. The van der Waals surface area contributed by atoms with Crippen LogP contribution in [0.25, 0.3) is 11.3 Å². The molecule has 0 spiro atoms. The lowest BCUT2D eigenvalue weighted by Gasteiger charge is -2.33. The third-order valence-corrected chi connectivity index (χ3v) is 5.21. The summed E-state index contributed by atoms with van der Waals surface area (Å²) < 4.78 is 13.5. The molecule has 1 aromatic heterocycles. The van der Waals surface area contributed by atoms with Crippen LogP contribution in [0.1, 0.15) is 18.4 Å². The molecule has 2 aromatic carbocycles. The van der Waals surface area contributed by atoms with E-state index >= 15 is 0 Å². The maximum atomic E-state index is 13.5. The van der Waals surface area contributed by atoms with Crippen LogP contribution in [-0.4, -0.2) is 29.2 Å². The van der Waals surface area contributed by atoms with Gasteiger partial charge >= 0.3 is 0 Å². The monoisotopic (exact) mass is 390 g/mol. The van der Waals surface area contributed by atoms with Crippen LogP contribution in [0.5, 0.6) is 0 Å². The van der Waals surface area contributed by atoms with Gasteiger partial charge in [0.15, 0.2) is 5.82 Å². The summed E-state index contributed by atoms with van der Waals surface area (Å²) >= 11 is 0. The molecule has 0 aliphatic carbocycles. The van der Waals surface area contributed by atoms with Crippen molar-refractivity contribution in [3.63, 3.8) is 0 Å². The average molecular weight is 390 g/mol. The van der Waals surface area contributed by atoms with Gasteiger partial charge in [-0.2, -0.15) is 0 Å². The number of halogens is 1. The predicted octanol–water partition coefficient (Wildman–Crippen LogP) is 4.45. The van der Waals surface area contributed by atoms with E-state index < -0.39 is 0 Å². The minimum Gasteiger partial charge on any atom is -0.354 e. The zero-order valence-electron chi connectivity index (χ0n) is 16.3. The van der Waals surface area contributed by atoms with Gasteiger partial charge in [-0.05, 0) is 55.7 Å². The highest BCUT2D eigenvalue weighted by Gasteiger charge is 2.27. The van der Waals surface area contributed by atoms with E-state index in [0.29, 0.717) is 17.8 Å². The van der Waals surface area contributed by atoms with E-state index in [2.05, 4.69) is 20.4 Å². The van der Waals surface area contributed by atoms with Crippen LogP contribution in [0, 0.1) is 18.7 Å². The molecule has 4 rings (SSSR count). The van der Waals surface area contributed by atoms with Crippen LogP contribution in [0.3, 0.4) is 0 Å². The highest BCUT2D eigenvalue weighted by atomic mass is 19.1. The standard InChI is InChI=1S/C23H23FN4O/c1-16-13-21(17-7-5-9-19(24)14-17)26-27-22(16)28-12-6-8-18(15-28)23(29)25-20-10-3-2-4-11-20/h2-5,7,9-11,13-14,18H,6,8,12,15H2,1H3,(H,25,29). The molecule has 0 saturated carbocycles. The van der Waals surface area contributed by atoms with Crippen molar-refractivity contribution in [2.24, 2.45) is 5.92 Å². The molecule has 1 N–H and O–H groups in total. The highest BCUT2D eigenvalue weighted by Crippen LogP contribution is 2.27. The summed E-state index contributed by atoms with van der Waals surface area (Å²) in [5.74, 6) is 0.410. The van der Waals surface area contributed by atoms with Gasteiger partial charge in [0.1, 0.15) is 5.82 Å². The van der Waals surface area contributed by atoms with Gasteiger partial charge < -0.3 is 10.2 Å². The number of amides is 1. The number of carbonyl (C=O) groups is 1. The first kappa shape index (κ1) is 19.1. The molecule has 6 heteroatoms. The maximum absolute atomic E-state index is 13.5. The van der Waals surface area contributed by atoms with Crippen LogP contribution < -0.4 is 10.2 Å². The van der Waals surface area contributed by atoms with Crippen molar-refractivity contribution >= 4 is 17.4 Å². The molecule has 1 aliphatic rings. The van der Waals surface area contributed by atoms with Gasteiger partial charge in [-0.15, -0.1) is 10.2 Å². The van der Waals surface area contributed by atoms with Gasteiger partial charge in [-0.25, -0.2) is 4.39 Å². The lowest BCUT2D eigenvalue weighted by atomic mass is 9.96. The van der Waals surface area contributed by atoms with E-state index in [0.717, 1.165) is 36.5 Å². The molecule has 3 aromatic rings. The van der Waals surface area contributed by atoms with Crippen LogP contribution in [0.15, 0.2) is 60.7 Å². The summed E-state index contributed by atoms with van der Waals surface area (Å²) in [7, 11) is 0. The number of nitrogens with zero attached hydrogens (tertiary/aromatic N) is 3. The van der Waals surface area contributed by atoms with Crippen LogP contribution >= 0.6 is 0 Å². The third-order valence-electron chi connectivity index (χ3n) is 5.21. The Morgan fingerprint density at radius 3 is 2.69 bits per heavy atom. The fraction of sp³-hybridized carbons (Fsp3) is 0.261. The minimum absolute atomic E-state index is 0.0305. The van der Waals surface area contributed by atoms with Gasteiger partial charge in [0.05, 0.1) is 11.6 Å². The first-order chi connectivity index (χ1) is 14.1. The van der Waals surface area contributed by atoms with Crippen molar-refractivity contribution < 1.29 is 9.18 Å². The Morgan fingerprint density at radius 1 is 1.10 bits per heavy atom. The Labute approximate surface area is 169 Å². The van der Waals surface area contributed by atoms with Gasteiger partial charge in [0.25, 0.3) is 0 Å². The number of aromatic nitrogens is 2. The summed E-state index contributed by atoms with van der Waals surface area (Å²) in [6.45, 7) is 3.41. The lowest BCUT2D eigenvalue weighted by molar-refractivity contribution is -0.120. The molecule has 2 heterocycles. The van der Waals surface area contributed by atoms with Crippen molar-refractivity contribution in [3.05, 3.63) is 72.0 Å². The maximum Gasteiger partial charge on any atom is 0.229 e. The van der Waals surface area contributed by atoms with E-state index in [-0.39, 0.29) is 17.6 Å². The number of hydrogen-bond acceptors (Lipinski definition) is 4. The van der Waals surface area contributed by atoms with E-state index in [1.807, 2.05) is 49.4 Å². The minimum atomic E-state index is -0.297. The molecular weight excluding hydrogens is 367 g/mol. The number of benzene rings is 2. The first-order valence-electron chi connectivity index (χ1n) is 9.81. The summed E-state index contributed by atoms with van der Waals surface area (Å²) in [5.41, 5.74) is 3.11. The van der Waals surface area contributed by atoms with Gasteiger partial charge in [0, 0.05) is 24.3 Å². The number of rotatable bonds is 4. The number of carbonyl (C=O) groups excluding carboxylic acids is 1. The predicted molar refractivity (Wildman–Crippen MR) is 112 cm³/mol. The Morgan fingerprint density at radius 2 is 1.93 bits per heavy atom. The van der Waals surface area contributed by atoms with E-state index in [4.69, 9.17) is 0 Å². The normalized spacial score (nSPS) is 16.5. The number of anilines is 2. The lowest BCUT2D eigenvalue weighted by Crippen LogP contribution is -2.41. The number of aryl methyl sites for hydroxylation is 1. The second kappa shape index (κ2) is 8.39. The van der Waals surface area contributed by atoms with Crippen molar-refractivity contribution in [2.45, 2.75) is 19.8 Å².